The van der Waals surface area contributed by atoms with Crippen LogP contribution < -0.4 is 0 Å². The molecular weight excluding hydrogens is 548 g/mol. The number of esters is 1. The Bertz CT molecular complexity index is 881. The van der Waals surface area contributed by atoms with E-state index in [4.69, 9.17) is 13.8 Å². The van der Waals surface area contributed by atoms with E-state index in [1.54, 1.807) is 0 Å². The minimum Gasteiger partial charge on any atom is -0.461 e. The summed E-state index contributed by atoms with van der Waals surface area (Å²) in [5.74, 6) is 0.131. The zero-order valence-corrected chi connectivity index (χ0v) is 27.2. The van der Waals surface area contributed by atoms with E-state index in [0.717, 1.165) is 44.1 Å². The molecule has 0 spiro atoms. The standard InChI is InChI=1S/C30H46O4P4/c1-3-4-5-6-7-8-13-21-28(34-38(36)37)22-17-16-18-26(2)29(33-35)23-14-10-15-24-30(31)32-25-27-19-11-9-12-20-27/h4-5,7-9,11-13,16-22,26,28-29H,3,6,10,14-15,23-25,35-37H2,1-2H3/b5-4-,8-7-,18-16+,21-13+,22-17+. The number of benzene rings is 1. The molecule has 0 bridgehead atoms. The van der Waals surface area contributed by atoms with E-state index >= 15 is 0 Å². The summed E-state index contributed by atoms with van der Waals surface area (Å²) in [6, 6.07) is 9.77. The van der Waals surface area contributed by atoms with Gasteiger partial charge in [0.05, 0.1) is 19.7 Å². The Morgan fingerprint density at radius 2 is 1.66 bits per heavy atom. The highest BCUT2D eigenvalue weighted by Gasteiger charge is 2.14. The molecule has 1 aromatic rings. The summed E-state index contributed by atoms with van der Waals surface area (Å²) >= 11 is 0. The lowest BCUT2D eigenvalue weighted by Crippen LogP contribution is -2.16. The monoisotopic (exact) mass is 594 g/mol. The number of hydrogen-bond acceptors (Lipinski definition) is 4. The lowest BCUT2D eigenvalue weighted by Gasteiger charge is -2.19. The van der Waals surface area contributed by atoms with Gasteiger partial charge in [0.2, 0.25) is 0 Å². The number of carbonyl (C=O) groups excluding carboxylic acids is 1. The summed E-state index contributed by atoms with van der Waals surface area (Å²) in [4.78, 5) is 12.0. The van der Waals surface area contributed by atoms with E-state index in [-0.39, 0.29) is 24.1 Å². The van der Waals surface area contributed by atoms with E-state index in [9.17, 15) is 4.79 Å². The third kappa shape index (κ3) is 19.1. The molecule has 0 fully saturated rings. The first kappa shape index (κ1) is 35.1. The highest BCUT2D eigenvalue weighted by atomic mass is 32.4. The molecule has 0 amide bonds. The van der Waals surface area contributed by atoms with Crippen molar-refractivity contribution in [3.63, 3.8) is 0 Å². The summed E-state index contributed by atoms with van der Waals surface area (Å²) in [5, 5.41) is 0. The lowest BCUT2D eigenvalue weighted by molar-refractivity contribution is -0.145. The van der Waals surface area contributed by atoms with Gasteiger partial charge < -0.3 is 13.8 Å². The lowest BCUT2D eigenvalue weighted by atomic mass is 9.98. The van der Waals surface area contributed by atoms with Crippen LogP contribution in [0, 0.1) is 5.92 Å². The predicted molar refractivity (Wildman–Crippen MR) is 175 cm³/mol. The van der Waals surface area contributed by atoms with Crippen LogP contribution in [0.4, 0.5) is 0 Å². The third-order valence-electron chi connectivity index (χ3n) is 5.67. The Labute approximate surface area is 239 Å². The molecule has 0 heterocycles. The van der Waals surface area contributed by atoms with Crippen LogP contribution in [0.1, 0.15) is 64.4 Å². The number of allylic oxidation sites excluding steroid dienone is 7. The largest absolute Gasteiger partial charge is 0.461 e. The molecule has 6 atom stereocenters. The van der Waals surface area contributed by atoms with Crippen molar-refractivity contribution in [3.05, 3.63) is 96.7 Å². The summed E-state index contributed by atoms with van der Waals surface area (Å²) in [6.07, 6.45) is 27.2. The van der Waals surface area contributed by atoms with Crippen molar-refractivity contribution in [1.82, 2.24) is 0 Å². The van der Waals surface area contributed by atoms with Gasteiger partial charge in [0.15, 0.2) is 0 Å². The first-order valence-corrected chi connectivity index (χ1v) is 18.3. The number of ether oxygens (including phenoxy) is 1. The normalized spacial score (nSPS) is 15.0. The maximum atomic E-state index is 12.0. The molecule has 38 heavy (non-hydrogen) atoms. The van der Waals surface area contributed by atoms with E-state index in [1.165, 1.54) is 0 Å². The number of carbonyl (C=O) groups is 1. The average molecular weight is 595 g/mol. The van der Waals surface area contributed by atoms with Gasteiger partial charge in [0.1, 0.15) is 6.61 Å². The van der Waals surface area contributed by atoms with Gasteiger partial charge >= 0.3 is 5.97 Å². The Balaban J connectivity index is 2.36. The van der Waals surface area contributed by atoms with Crippen LogP contribution in [0.25, 0.3) is 0 Å². The van der Waals surface area contributed by atoms with Crippen molar-refractivity contribution in [2.45, 2.75) is 77.6 Å². The Morgan fingerprint density at radius 3 is 2.34 bits per heavy atom. The molecule has 1 rings (SSSR count). The second-order valence-corrected chi connectivity index (χ2v) is 15.0. The third-order valence-corrected chi connectivity index (χ3v) is 7.23. The summed E-state index contributed by atoms with van der Waals surface area (Å²) in [6.45, 7) is 4.64. The number of unbranched alkanes of at least 4 members (excludes halogenated alkanes) is 2. The fraction of sp³-hybridized carbons (Fsp3) is 0.433. The minimum atomic E-state index is -0.626. The van der Waals surface area contributed by atoms with Crippen LogP contribution in [-0.4, -0.2) is 18.2 Å². The van der Waals surface area contributed by atoms with Crippen molar-refractivity contribution in [3.8, 4) is 0 Å². The Morgan fingerprint density at radius 1 is 0.947 bits per heavy atom. The zero-order valence-electron chi connectivity index (χ0n) is 22.9. The van der Waals surface area contributed by atoms with Crippen molar-refractivity contribution in [2.24, 2.45) is 5.92 Å². The van der Waals surface area contributed by atoms with Gasteiger partial charge in [-0.1, -0.05) is 136 Å². The SMILES string of the molecule is CC/C=C\C/C=C\C=C\C(/C=C/C=C/C(C)C(CCCCCC(=O)OCc1ccccc1)OP)OP(P)P. The molecule has 210 valence electrons. The van der Waals surface area contributed by atoms with Crippen molar-refractivity contribution < 1.29 is 18.6 Å². The molecule has 0 radical (unpaired) electrons. The van der Waals surface area contributed by atoms with E-state index in [2.05, 4.69) is 89.8 Å². The maximum Gasteiger partial charge on any atom is 0.306 e. The fourth-order valence-electron chi connectivity index (χ4n) is 3.54. The van der Waals surface area contributed by atoms with Gasteiger partial charge in [-0.15, -0.1) is 0 Å². The zero-order chi connectivity index (χ0) is 27.8. The molecule has 8 heteroatoms. The summed E-state index contributed by atoms with van der Waals surface area (Å²) in [5.41, 5.74) is 1.01. The molecule has 0 saturated heterocycles. The van der Waals surface area contributed by atoms with Gasteiger partial charge in [-0.25, -0.2) is 0 Å². The van der Waals surface area contributed by atoms with Gasteiger partial charge in [0.25, 0.3) is 0 Å². The van der Waals surface area contributed by atoms with Crippen LogP contribution in [0.15, 0.2) is 91.1 Å². The molecule has 0 aliphatic rings. The minimum absolute atomic E-state index is 0.0833. The summed E-state index contributed by atoms with van der Waals surface area (Å²) < 4.78 is 17.0. The molecule has 1 aromatic carbocycles. The smallest absolute Gasteiger partial charge is 0.306 e. The van der Waals surface area contributed by atoms with E-state index in [0.29, 0.717) is 13.0 Å². The first-order valence-electron chi connectivity index (χ1n) is 13.3. The number of rotatable bonds is 20. The molecule has 6 unspecified atom stereocenters. The quantitative estimate of drug-likeness (QED) is 0.0496. The van der Waals surface area contributed by atoms with Crippen LogP contribution in [0.3, 0.4) is 0 Å². The molecule has 0 aromatic heterocycles. The maximum absolute atomic E-state index is 12.0. The van der Waals surface area contributed by atoms with Gasteiger partial charge in [-0.05, 0) is 31.2 Å². The second kappa shape index (κ2) is 23.9. The van der Waals surface area contributed by atoms with Gasteiger partial charge in [-0.2, -0.15) is 0 Å². The van der Waals surface area contributed by atoms with Crippen LogP contribution >= 0.6 is 34.8 Å². The number of hydrogen-bond donors (Lipinski definition) is 0. The predicted octanol–water partition coefficient (Wildman–Crippen LogP) is 9.44. The highest BCUT2D eigenvalue weighted by molar-refractivity contribution is 8.41. The molecule has 0 N–H and O–H groups in total. The van der Waals surface area contributed by atoms with Gasteiger partial charge in [0, 0.05) is 21.8 Å². The van der Waals surface area contributed by atoms with Gasteiger partial charge in [-0.3, -0.25) is 4.79 Å². The second-order valence-electron chi connectivity index (χ2n) is 8.91. The molecule has 0 aliphatic carbocycles. The first-order chi connectivity index (χ1) is 18.5. The fourth-order valence-corrected chi connectivity index (χ4v) is 5.19. The Hall–Kier alpha value is -0.970. The molecule has 4 nitrogen and oxygen atoms in total. The van der Waals surface area contributed by atoms with Crippen LogP contribution in [0.5, 0.6) is 0 Å². The van der Waals surface area contributed by atoms with Crippen LogP contribution in [0.2, 0.25) is 0 Å². The van der Waals surface area contributed by atoms with Crippen molar-refractivity contribution in [1.29, 1.82) is 0 Å². The van der Waals surface area contributed by atoms with Crippen molar-refractivity contribution in [2.75, 3.05) is 0 Å². The molecule has 0 aliphatic heterocycles. The van der Waals surface area contributed by atoms with E-state index < -0.39 is 7.53 Å². The van der Waals surface area contributed by atoms with Crippen LogP contribution in [-0.2, 0) is 25.2 Å². The topological polar surface area (TPSA) is 44.8 Å². The Kier molecular flexibility index (Phi) is 22.0. The highest BCUT2D eigenvalue weighted by Crippen LogP contribution is 2.54. The molecule has 0 saturated carbocycles. The summed E-state index contributed by atoms with van der Waals surface area (Å²) in [7, 11) is 7.19. The molecular formula is C30H46O4P4. The van der Waals surface area contributed by atoms with E-state index in [1.807, 2.05) is 42.5 Å². The van der Waals surface area contributed by atoms with Crippen molar-refractivity contribution >= 4 is 40.8 Å². The average Bonchev–Trinajstić information content (AvgIpc) is 2.91.